The van der Waals surface area contributed by atoms with E-state index in [1.165, 1.54) is 19.2 Å². The molecule has 0 aromatic heterocycles. The molecule has 0 bridgehead atoms. The van der Waals surface area contributed by atoms with Gasteiger partial charge in [-0.3, -0.25) is 19.2 Å². The Labute approximate surface area is 252 Å². The quantitative estimate of drug-likeness (QED) is 0.146. The molecule has 0 aliphatic heterocycles. The molecular formula is C31H45N5O7. The number of nitrogens with one attached hydrogen (secondary N) is 2. The lowest BCUT2D eigenvalue weighted by Gasteiger charge is -2.25. The van der Waals surface area contributed by atoms with Crippen LogP contribution in [0, 0.1) is 11.8 Å². The van der Waals surface area contributed by atoms with Crippen LogP contribution in [0.5, 0.6) is 11.5 Å². The lowest BCUT2D eigenvalue weighted by atomic mass is 9.95. The normalized spacial score (nSPS) is 14.1. The zero-order valence-corrected chi connectivity index (χ0v) is 25.4. The number of rotatable bonds is 15. The largest absolute Gasteiger partial charge is 0.507 e. The molecule has 3 amide bonds. The van der Waals surface area contributed by atoms with Crippen molar-refractivity contribution in [2.75, 3.05) is 7.11 Å². The average molecular weight is 600 g/mol. The number of nitrogens with two attached hydrogens (primary N) is 3. The van der Waals surface area contributed by atoms with Crippen molar-refractivity contribution in [1.82, 2.24) is 10.6 Å². The topological polar surface area (TPSA) is 220 Å². The maximum atomic E-state index is 13.1. The van der Waals surface area contributed by atoms with Gasteiger partial charge in [-0.1, -0.05) is 39.8 Å². The number of hydrogen-bond donors (Lipinski definition) is 7. The number of primary amides is 1. The second kappa shape index (κ2) is 15.9. The van der Waals surface area contributed by atoms with Crippen molar-refractivity contribution in [1.29, 1.82) is 0 Å². The van der Waals surface area contributed by atoms with Crippen LogP contribution in [0.15, 0.2) is 36.4 Å². The minimum Gasteiger partial charge on any atom is -0.507 e. The maximum absolute atomic E-state index is 13.1. The van der Waals surface area contributed by atoms with Crippen LogP contribution >= 0.6 is 0 Å². The van der Waals surface area contributed by atoms with E-state index < -0.39 is 47.9 Å². The minimum atomic E-state index is -1.06. The Kier molecular flexibility index (Phi) is 13.0. The molecule has 2 rings (SSSR count). The summed E-state index contributed by atoms with van der Waals surface area (Å²) < 4.78 is 4.67. The molecule has 0 unspecified atom stereocenters. The number of phenolic OH excluding ortho intramolecular Hbond substituents is 2. The monoisotopic (exact) mass is 599 g/mol. The number of phenols is 2. The molecule has 0 fully saturated rings. The van der Waals surface area contributed by atoms with E-state index in [-0.39, 0.29) is 41.7 Å². The predicted molar refractivity (Wildman–Crippen MR) is 163 cm³/mol. The molecule has 0 saturated carbocycles. The van der Waals surface area contributed by atoms with Crippen LogP contribution in [-0.2, 0) is 36.8 Å². The second-order valence-electron chi connectivity index (χ2n) is 11.6. The zero-order valence-electron chi connectivity index (χ0n) is 25.4. The van der Waals surface area contributed by atoms with Crippen LogP contribution in [0.3, 0.4) is 0 Å². The number of carbonyl (C=O) groups is 4. The van der Waals surface area contributed by atoms with Crippen LogP contribution in [0.4, 0.5) is 0 Å². The van der Waals surface area contributed by atoms with Gasteiger partial charge in [0.25, 0.3) is 0 Å². The van der Waals surface area contributed by atoms with Gasteiger partial charge in [-0.05, 0) is 72.9 Å². The minimum absolute atomic E-state index is 0.0506. The fraction of sp³-hybridized carbons (Fsp3) is 0.484. The molecule has 0 saturated heterocycles. The van der Waals surface area contributed by atoms with Gasteiger partial charge >= 0.3 is 5.97 Å². The molecule has 236 valence electrons. The van der Waals surface area contributed by atoms with Crippen LogP contribution < -0.4 is 27.8 Å². The Morgan fingerprint density at radius 2 is 1.19 bits per heavy atom. The van der Waals surface area contributed by atoms with E-state index in [9.17, 15) is 29.4 Å². The number of methoxy groups -OCH3 is 1. The molecule has 12 heteroatoms. The molecule has 0 aliphatic carbocycles. The fourth-order valence-corrected chi connectivity index (χ4v) is 4.66. The molecule has 0 aliphatic rings. The summed E-state index contributed by atoms with van der Waals surface area (Å²) >= 11 is 0. The molecule has 2 aromatic carbocycles. The Balaban J connectivity index is 2.22. The third kappa shape index (κ3) is 10.6. The van der Waals surface area contributed by atoms with Gasteiger partial charge in [0.15, 0.2) is 0 Å². The number of carbonyl (C=O) groups excluding carboxylic acids is 4. The van der Waals surface area contributed by atoms with Crippen molar-refractivity contribution in [2.45, 2.75) is 77.5 Å². The van der Waals surface area contributed by atoms with Crippen molar-refractivity contribution in [2.24, 2.45) is 29.0 Å². The summed E-state index contributed by atoms with van der Waals surface area (Å²) in [7, 11) is 1.24. The third-order valence-corrected chi connectivity index (χ3v) is 6.87. The van der Waals surface area contributed by atoms with E-state index in [1.807, 2.05) is 27.7 Å². The zero-order chi connectivity index (χ0) is 32.4. The van der Waals surface area contributed by atoms with Gasteiger partial charge in [0.2, 0.25) is 17.7 Å². The number of esters is 1. The van der Waals surface area contributed by atoms with Crippen molar-refractivity contribution < 1.29 is 34.1 Å². The second-order valence-corrected chi connectivity index (χ2v) is 11.6. The van der Waals surface area contributed by atoms with Gasteiger partial charge in [-0.25, -0.2) is 0 Å². The van der Waals surface area contributed by atoms with Crippen molar-refractivity contribution in [3.05, 3.63) is 47.5 Å². The summed E-state index contributed by atoms with van der Waals surface area (Å²) in [5.74, 6) is -2.40. The van der Waals surface area contributed by atoms with E-state index in [4.69, 9.17) is 17.2 Å². The molecule has 12 nitrogen and oxygen atoms in total. The molecule has 0 radical (unpaired) electrons. The Morgan fingerprint density at radius 1 is 0.744 bits per heavy atom. The Hall–Kier alpha value is -4.16. The third-order valence-electron chi connectivity index (χ3n) is 6.87. The van der Waals surface area contributed by atoms with E-state index in [0.29, 0.717) is 29.5 Å². The number of benzene rings is 2. The molecule has 43 heavy (non-hydrogen) atoms. The summed E-state index contributed by atoms with van der Waals surface area (Å²) in [6, 6.07) is 5.52. The van der Waals surface area contributed by atoms with Gasteiger partial charge in [0, 0.05) is 11.1 Å². The molecule has 10 N–H and O–H groups in total. The number of aromatic hydroxyl groups is 2. The van der Waals surface area contributed by atoms with E-state index in [1.54, 1.807) is 24.3 Å². The Bertz CT molecular complexity index is 1300. The number of hydrogen-bond acceptors (Lipinski definition) is 9. The predicted octanol–water partition coefficient (Wildman–Crippen LogP) is 1.22. The van der Waals surface area contributed by atoms with Crippen molar-refractivity contribution >= 4 is 23.7 Å². The number of ether oxygens (including phenoxy) is 1. The molecule has 4 atom stereocenters. The van der Waals surface area contributed by atoms with Gasteiger partial charge in [0.1, 0.15) is 29.6 Å². The van der Waals surface area contributed by atoms with E-state index in [2.05, 4.69) is 15.4 Å². The summed E-state index contributed by atoms with van der Waals surface area (Å²) in [6.07, 6.45) is 0.882. The highest BCUT2D eigenvalue weighted by molar-refractivity contribution is 5.92. The van der Waals surface area contributed by atoms with Gasteiger partial charge in [-0.15, -0.1) is 0 Å². The lowest BCUT2D eigenvalue weighted by molar-refractivity contribution is -0.142. The van der Waals surface area contributed by atoms with Crippen LogP contribution in [0.1, 0.15) is 51.7 Å². The van der Waals surface area contributed by atoms with Gasteiger partial charge < -0.3 is 42.8 Å². The first kappa shape index (κ1) is 35.0. The Morgan fingerprint density at radius 3 is 1.63 bits per heavy atom. The summed E-state index contributed by atoms with van der Waals surface area (Å²) in [5.41, 5.74) is 19.4. The van der Waals surface area contributed by atoms with Gasteiger partial charge in [-0.2, -0.15) is 0 Å². The van der Waals surface area contributed by atoms with Crippen LogP contribution in [0.25, 0.3) is 11.1 Å². The van der Waals surface area contributed by atoms with E-state index >= 15 is 0 Å². The summed E-state index contributed by atoms with van der Waals surface area (Å²) in [4.78, 5) is 49.8. The molecule has 2 aromatic rings. The highest BCUT2D eigenvalue weighted by atomic mass is 16.5. The highest BCUT2D eigenvalue weighted by Gasteiger charge is 2.28. The molecule has 0 heterocycles. The lowest BCUT2D eigenvalue weighted by Crippen LogP contribution is -2.56. The van der Waals surface area contributed by atoms with E-state index in [0.717, 1.165) is 0 Å². The first-order valence-corrected chi connectivity index (χ1v) is 14.3. The first-order valence-electron chi connectivity index (χ1n) is 14.3. The van der Waals surface area contributed by atoms with Gasteiger partial charge in [0.05, 0.1) is 13.2 Å². The van der Waals surface area contributed by atoms with Crippen LogP contribution in [-0.4, -0.2) is 65.2 Å². The standard InChI is InChI=1S/C31H45N5O7/c1-16(2)10-24(28(34)39)35-30(41)25(11-17(3)4)36-29(40)22(32)14-18-6-8-26(37)20(12-18)21-13-19(7-9-27(21)38)15-23(33)31(42)43-5/h6-9,12-13,16-17,22-25,37-38H,10-11,14-15,32-33H2,1-5H3,(H2,34,39)(H,35,41)(H,36,40)/t22-,23-,24-,25-/m0/s1. The summed E-state index contributed by atoms with van der Waals surface area (Å²) in [6.45, 7) is 7.61. The van der Waals surface area contributed by atoms with Crippen LogP contribution in [0.2, 0.25) is 0 Å². The van der Waals surface area contributed by atoms with Crippen molar-refractivity contribution in [3.8, 4) is 22.6 Å². The fourth-order valence-electron chi connectivity index (χ4n) is 4.66. The van der Waals surface area contributed by atoms with Crippen molar-refractivity contribution in [3.63, 3.8) is 0 Å². The SMILES string of the molecule is COC(=O)[C@@H](N)Cc1ccc(O)c(-c2cc(C[C@H](N)C(=O)N[C@@H](CC(C)C)C(=O)N[C@@H](CC(C)C)C(N)=O)ccc2O)c1. The smallest absolute Gasteiger partial charge is 0.322 e. The molecule has 0 spiro atoms. The maximum Gasteiger partial charge on any atom is 0.322 e. The number of amides is 3. The first-order chi connectivity index (χ1) is 20.1. The average Bonchev–Trinajstić information content (AvgIpc) is 2.93. The highest BCUT2D eigenvalue weighted by Crippen LogP contribution is 2.37. The molecular weight excluding hydrogens is 554 g/mol. The summed E-state index contributed by atoms with van der Waals surface area (Å²) in [5, 5.41) is 26.5.